The number of aromatic nitrogens is 7. The molecule has 7 aromatic rings. The van der Waals surface area contributed by atoms with Crippen LogP contribution in [0.4, 0.5) is 5.82 Å². The Bertz CT molecular complexity index is 3170. The summed E-state index contributed by atoms with van der Waals surface area (Å²) in [5.41, 5.74) is 15.0. The van der Waals surface area contributed by atoms with E-state index in [1.165, 1.54) is 12.4 Å². The van der Waals surface area contributed by atoms with E-state index in [0.29, 0.717) is 94.8 Å². The number of nitrogens with two attached hydrogens (primary N) is 1. The molecule has 0 fully saturated rings. The van der Waals surface area contributed by atoms with Gasteiger partial charge < -0.3 is 59.9 Å². The van der Waals surface area contributed by atoms with Gasteiger partial charge >= 0.3 is 88.2 Å². The molecule has 0 saturated heterocycles. The van der Waals surface area contributed by atoms with Crippen LogP contribution in [0.25, 0.3) is 16.9 Å². The second-order valence-corrected chi connectivity index (χ2v) is 32.5. The van der Waals surface area contributed by atoms with Crippen molar-refractivity contribution in [2.24, 2.45) is 0 Å². The van der Waals surface area contributed by atoms with Gasteiger partial charge in [-0.15, -0.1) is 11.6 Å². The normalized spacial score (nSPS) is 10.9. The standard InChI is InChI=1S/C20H32N2O3Si.C18H28N2O3Si.C11H12N2O3.C6H8N2O.C5H6ClO2.K.Li.2H2O/c1-8-24-20(23)18-11-21-19-10-9-17(12-22(18)19)13-25-26(14(2)3,15(4)5)16(6)7;1-12(2)24(13(3)4,14(5)6)23-11-15-7-8-17-19-9-16(18(21)22)20(17)10-15;1-2-16-11(15)9-5-12-10-4-3-8(7-14)6-13(9)10;7-6-2-1-5(4-9)3-8-6;1-3-8-5(7)4(2)6;;;;/h9-12,14-16H,8,13H2,1-7H3;7-10,12-14H,11H2,1-6H3,(H,21,22);3-6,14H,2,7H2,1H3;1-3,9H,4H2,(H2,7,8);2H,3H2,1H3;;;2*1H2/q;;;;-1;2*+1;;/p-2. The van der Waals surface area contributed by atoms with Crippen LogP contribution in [0.5, 0.6) is 0 Å². The zero-order valence-electron chi connectivity index (χ0n) is 53.6. The molecular formula is C60H88ClKLiN8O14Si2-. The summed E-state index contributed by atoms with van der Waals surface area (Å²) in [4.78, 5) is 61.5. The van der Waals surface area contributed by atoms with E-state index < -0.39 is 34.5 Å². The number of anilines is 1. The number of aliphatic hydroxyl groups excluding tert-OH is 2. The van der Waals surface area contributed by atoms with Crippen molar-refractivity contribution in [2.45, 2.75) is 164 Å². The molecule has 0 bridgehead atoms. The van der Waals surface area contributed by atoms with Gasteiger partial charge in [0.15, 0.2) is 23.1 Å². The van der Waals surface area contributed by atoms with E-state index in [9.17, 15) is 24.3 Å². The molecule has 470 valence electrons. The van der Waals surface area contributed by atoms with Crippen LogP contribution in [0.2, 0.25) is 33.2 Å². The Balaban J connectivity index is 0. The Labute approximate surface area is 573 Å². The predicted octanol–water partition coefficient (Wildman–Crippen LogP) is 5.85. The van der Waals surface area contributed by atoms with Crippen LogP contribution in [0.1, 0.15) is 158 Å². The number of hydrogen-bond acceptors (Lipinski definition) is 18. The maximum absolute atomic E-state index is 12.1. The monoisotopic (exact) mass is 1280 g/mol. The van der Waals surface area contributed by atoms with Crippen molar-refractivity contribution in [1.29, 1.82) is 0 Å². The van der Waals surface area contributed by atoms with Crippen LogP contribution in [0.3, 0.4) is 0 Å². The Kier molecular flexibility index (Phi) is 39.7. The molecule has 0 atom stereocenters. The molecule has 0 aliphatic carbocycles. The van der Waals surface area contributed by atoms with Gasteiger partial charge in [0, 0.05) is 24.8 Å². The summed E-state index contributed by atoms with van der Waals surface area (Å²) < 4.78 is 32.7. The van der Waals surface area contributed by atoms with E-state index in [2.05, 4.69) is 108 Å². The van der Waals surface area contributed by atoms with Gasteiger partial charge in [0.1, 0.15) is 22.8 Å². The van der Waals surface area contributed by atoms with Crippen LogP contribution < -0.4 is 76.0 Å². The molecule has 0 unspecified atom stereocenters. The molecule has 0 amide bonds. The number of pyridine rings is 4. The van der Waals surface area contributed by atoms with Crippen molar-refractivity contribution in [2.75, 3.05) is 25.6 Å². The number of halogens is 1. The zero-order chi connectivity index (χ0) is 62.4. The molecule has 7 aromatic heterocycles. The number of ether oxygens (including phenoxy) is 3. The van der Waals surface area contributed by atoms with Crippen molar-refractivity contribution >= 4 is 74.9 Å². The summed E-state index contributed by atoms with van der Waals surface area (Å²) >= 11 is 5.03. The molecular weight excluding hydrogens is 1190 g/mol. The fourth-order valence-corrected chi connectivity index (χ4v) is 21.2. The predicted molar refractivity (Wildman–Crippen MR) is 331 cm³/mol. The summed E-state index contributed by atoms with van der Waals surface area (Å²) in [5, 5.41) is 26.5. The summed E-state index contributed by atoms with van der Waals surface area (Å²) in [5.74, 6) is -1.92. The average Bonchev–Trinajstić information content (AvgIpc) is 4.30. The average molecular weight is 1280 g/mol. The molecule has 7 heterocycles. The smallest absolute Gasteiger partial charge is 0.870 e. The fourth-order valence-electron chi connectivity index (χ4n) is 10.4. The minimum atomic E-state index is -1.94. The topological polar surface area (TPSA) is 326 Å². The van der Waals surface area contributed by atoms with Crippen molar-refractivity contribution in [3.8, 4) is 0 Å². The minimum Gasteiger partial charge on any atom is -0.870 e. The molecule has 7 rings (SSSR count). The zero-order valence-corrected chi connectivity index (χ0v) is 59.5. The van der Waals surface area contributed by atoms with Crippen molar-refractivity contribution < 1.29 is 139 Å². The van der Waals surface area contributed by atoms with E-state index in [1.807, 2.05) is 36.7 Å². The van der Waals surface area contributed by atoms with E-state index in [1.54, 1.807) is 76.8 Å². The Morgan fingerprint density at radius 3 is 1.14 bits per heavy atom. The van der Waals surface area contributed by atoms with Crippen LogP contribution in [-0.4, -0.2) is 120 Å². The van der Waals surface area contributed by atoms with Gasteiger partial charge in [-0.25, -0.2) is 34.3 Å². The maximum atomic E-state index is 12.1. The Hall–Kier alpha value is -4.64. The van der Waals surface area contributed by atoms with Crippen LogP contribution >= 0.6 is 11.6 Å². The molecule has 0 aliphatic heterocycles. The molecule has 0 saturated carbocycles. The maximum Gasteiger partial charge on any atom is 1.00 e. The van der Waals surface area contributed by atoms with Gasteiger partial charge in [-0.2, -0.15) is 0 Å². The summed E-state index contributed by atoms with van der Waals surface area (Å²) in [6, 6.07) is 14.7. The van der Waals surface area contributed by atoms with Gasteiger partial charge in [-0.1, -0.05) is 112 Å². The van der Waals surface area contributed by atoms with E-state index in [0.717, 1.165) is 27.9 Å². The number of fused-ring (bicyclic) bond motifs is 3. The number of rotatable bonds is 21. The molecule has 0 spiro atoms. The second-order valence-electron chi connectivity index (χ2n) is 21.2. The molecule has 7 N–H and O–H groups in total. The number of carboxylic acid groups (broad SMARTS) is 1. The van der Waals surface area contributed by atoms with E-state index in [-0.39, 0.29) is 111 Å². The number of carboxylic acids is 1. The molecule has 22 nitrogen and oxygen atoms in total. The van der Waals surface area contributed by atoms with Gasteiger partial charge in [-0.3, -0.25) is 19.8 Å². The minimum absolute atomic E-state index is 0. The van der Waals surface area contributed by atoms with Gasteiger partial charge in [-0.05, 0) is 101 Å². The first-order valence-electron chi connectivity index (χ1n) is 27.8. The van der Waals surface area contributed by atoms with Crippen molar-refractivity contribution in [3.05, 3.63) is 143 Å². The Morgan fingerprint density at radius 1 is 0.529 bits per heavy atom. The van der Waals surface area contributed by atoms with E-state index >= 15 is 0 Å². The second kappa shape index (κ2) is 40.9. The molecule has 0 radical (unpaired) electrons. The summed E-state index contributed by atoms with van der Waals surface area (Å²) in [6.07, 6.45) is 11.4. The van der Waals surface area contributed by atoms with Gasteiger partial charge in [0.2, 0.25) is 16.6 Å². The first-order valence-corrected chi connectivity index (χ1v) is 32.5. The quantitative estimate of drug-likeness (QED) is 0.0216. The fraction of sp³-hybridized carbons (Fsp3) is 0.467. The number of aromatic carboxylic acids is 1. The number of carbonyl (C=O) groups is 4. The van der Waals surface area contributed by atoms with E-state index in [4.69, 9.17) is 52.5 Å². The molecule has 0 aromatic carbocycles. The number of aliphatic hydroxyl groups is 2. The third-order valence-corrected chi connectivity index (χ3v) is 26.2. The molecule has 27 heteroatoms. The van der Waals surface area contributed by atoms with Crippen LogP contribution in [-0.2, 0) is 54.3 Å². The summed E-state index contributed by atoms with van der Waals surface area (Å²) in [7, 11) is -3.86. The van der Waals surface area contributed by atoms with Crippen molar-refractivity contribution in [1.82, 2.24) is 33.1 Å². The summed E-state index contributed by atoms with van der Waals surface area (Å²) in [6.45, 7) is 39.3. The number of nitrogen functional groups attached to an aromatic ring is 1. The third-order valence-electron chi connectivity index (χ3n) is 14.0. The third kappa shape index (κ3) is 23.3. The number of imidazole rings is 3. The first-order chi connectivity index (χ1) is 39.2. The number of nitrogens with zero attached hydrogens (tertiary/aromatic N) is 7. The SMILES string of the molecule is CC(C)[Si](OCc1ccc2ncc(C(=O)O)n2c1)(C(C)C)C(C)C.CCOC(=O)c1cnc2ccc(CO)cn12.CCOC(=O)c1cnc2ccc(CO[Si](C(C)C)(C(C)C)C(C)C)cn12.Nc1ccc(CO)cn1.[CH-]=C(Cl)C(=O)OCC.[K+].[Li+].[OH-].[OH-]. The number of esters is 3. The molecule has 87 heavy (non-hydrogen) atoms. The first kappa shape index (κ1) is 84.4. The number of hydrogen-bond donors (Lipinski definition) is 4. The number of carbonyl (C=O) groups excluding carboxylic acids is 3. The van der Waals surface area contributed by atoms with Crippen molar-refractivity contribution in [3.63, 3.8) is 0 Å². The Morgan fingerprint density at radius 2 is 0.851 bits per heavy atom. The van der Waals surface area contributed by atoms with Gasteiger partial charge in [0.05, 0.1) is 64.8 Å². The van der Waals surface area contributed by atoms with Gasteiger partial charge in [0.25, 0.3) is 0 Å². The van der Waals surface area contributed by atoms with Crippen LogP contribution in [0.15, 0.2) is 96.9 Å². The molecule has 0 aliphatic rings. The van der Waals surface area contributed by atoms with Crippen LogP contribution in [0, 0.1) is 6.58 Å². The largest absolute Gasteiger partial charge is 1.00 e.